The minimum absolute atomic E-state index is 0.681. The molecule has 0 amide bonds. The van der Waals surface area contributed by atoms with Gasteiger partial charge in [-0.05, 0) is 60.9 Å². The van der Waals surface area contributed by atoms with Gasteiger partial charge in [-0.25, -0.2) is 0 Å². The highest BCUT2D eigenvalue weighted by Crippen LogP contribution is 2.17. The molecule has 1 unspecified atom stereocenters. The van der Waals surface area contributed by atoms with Crippen LogP contribution in [0.5, 0.6) is 0 Å². The van der Waals surface area contributed by atoms with Gasteiger partial charge in [0.25, 0.3) is 0 Å². The van der Waals surface area contributed by atoms with Crippen LogP contribution in [0.3, 0.4) is 0 Å². The van der Waals surface area contributed by atoms with Crippen LogP contribution in [-0.2, 0) is 11.2 Å². The largest absolute Gasteiger partial charge is 0.383 e. The molecule has 0 radical (unpaired) electrons. The van der Waals surface area contributed by atoms with Gasteiger partial charge in [0.2, 0.25) is 0 Å². The zero-order chi connectivity index (χ0) is 15.3. The normalized spacial score (nSPS) is 12.5. The van der Waals surface area contributed by atoms with Crippen LogP contribution in [0.4, 0.5) is 0 Å². The molecule has 0 bridgehead atoms. The average Bonchev–Trinajstić information content (AvgIpc) is 2.50. The number of methoxy groups -OCH3 is 1. The average molecular weight is 330 g/mol. The summed E-state index contributed by atoms with van der Waals surface area (Å²) in [4.78, 5) is 0. The van der Waals surface area contributed by atoms with Gasteiger partial charge < -0.3 is 10.1 Å². The number of thioether (sulfide) groups is 1. The Morgan fingerprint density at radius 1 is 1.29 bits per heavy atom. The fourth-order valence-corrected chi connectivity index (χ4v) is 3.11. The van der Waals surface area contributed by atoms with E-state index in [0.29, 0.717) is 5.92 Å². The molecule has 0 fully saturated rings. The molecule has 4 heteroatoms. The standard InChI is InChI=1S/C17H28ClNOS/c1-3-21-12-4-5-16(14-19-10-11-20-2)13-15-6-8-17(18)9-7-15/h6-9,16,19H,3-5,10-14H2,1-2H3. The van der Waals surface area contributed by atoms with Crippen molar-refractivity contribution in [3.05, 3.63) is 34.9 Å². The zero-order valence-electron chi connectivity index (χ0n) is 13.2. The molecule has 0 aliphatic heterocycles. The first-order valence-electron chi connectivity index (χ1n) is 7.78. The molecule has 0 saturated carbocycles. The smallest absolute Gasteiger partial charge is 0.0587 e. The monoisotopic (exact) mass is 329 g/mol. The number of nitrogens with one attached hydrogen (secondary N) is 1. The molecule has 0 heterocycles. The molecular formula is C17H28ClNOS. The van der Waals surface area contributed by atoms with Crippen molar-refractivity contribution in [2.45, 2.75) is 26.2 Å². The molecule has 0 aromatic heterocycles. The van der Waals surface area contributed by atoms with Crippen molar-refractivity contribution >= 4 is 23.4 Å². The summed E-state index contributed by atoms with van der Waals surface area (Å²) in [6.07, 6.45) is 3.69. The van der Waals surface area contributed by atoms with E-state index < -0.39 is 0 Å². The quantitative estimate of drug-likeness (QED) is 0.579. The molecule has 0 aliphatic carbocycles. The van der Waals surface area contributed by atoms with Gasteiger partial charge in [0.05, 0.1) is 6.61 Å². The lowest BCUT2D eigenvalue weighted by Crippen LogP contribution is -2.27. The lowest BCUT2D eigenvalue weighted by molar-refractivity contribution is 0.197. The van der Waals surface area contributed by atoms with Gasteiger partial charge in [-0.2, -0.15) is 11.8 Å². The molecule has 1 rings (SSSR count). The van der Waals surface area contributed by atoms with E-state index in [1.165, 1.54) is 29.9 Å². The van der Waals surface area contributed by atoms with Crippen molar-refractivity contribution in [1.82, 2.24) is 5.32 Å². The van der Waals surface area contributed by atoms with Crippen molar-refractivity contribution in [2.24, 2.45) is 5.92 Å². The minimum Gasteiger partial charge on any atom is -0.383 e. The summed E-state index contributed by atoms with van der Waals surface area (Å²) in [5, 5.41) is 4.31. The summed E-state index contributed by atoms with van der Waals surface area (Å²) in [6, 6.07) is 8.26. The second kappa shape index (κ2) is 12.3. The van der Waals surface area contributed by atoms with Gasteiger partial charge >= 0.3 is 0 Å². The van der Waals surface area contributed by atoms with Gasteiger partial charge in [0, 0.05) is 18.7 Å². The van der Waals surface area contributed by atoms with E-state index in [2.05, 4.69) is 24.4 Å². The first-order chi connectivity index (χ1) is 10.3. The van der Waals surface area contributed by atoms with Crippen molar-refractivity contribution in [2.75, 3.05) is 38.3 Å². The van der Waals surface area contributed by atoms with Crippen LogP contribution < -0.4 is 5.32 Å². The Morgan fingerprint density at radius 3 is 2.71 bits per heavy atom. The topological polar surface area (TPSA) is 21.3 Å². The van der Waals surface area contributed by atoms with Crippen molar-refractivity contribution in [1.29, 1.82) is 0 Å². The van der Waals surface area contributed by atoms with Crippen LogP contribution in [0, 0.1) is 5.92 Å². The van der Waals surface area contributed by atoms with Gasteiger partial charge in [-0.1, -0.05) is 30.7 Å². The predicted molar refractivity (Wildman–Crippen MR) is 95.6 cm³/mol. The number of rotatable bonds is 12. The number of benzene rings is 1. The summed E-state index contributed by atoms with van der Waals surface area (Å²) in [7, 11) is 1.74. The van der Waals surface area contributed by atoms with Gasteiger partial charge in [0.15, 0.2) is 0 Å². The maximum atomic E-state index is 5.96. The second-order valence-electron chi connectivity index (χ2n) is 5.23. The number of halogens is 1. The SMILES string of the molecule is CCSCCCC(CNCCOC)Cc1ccc(Cl)cc1. The first-order valence-corrected chi connectivity index (χ1v) is 9.31. The second-order valence-corrected chi connectivity index (χ2v) is 7.06. The predicted octanol–water partition coefficient (Wildman–Crippen LogP) is 4.27. The third-order valence-electron chi connectivity index (χ3n) is 3.46. The highest BCUT2D eigenvalue weighted by molar-refractivity contribution is 7.99. The Labute approximate surface area is 139 Å². The molecule has 0 saturated heterocycles. The van der Waals surface area contributed by atoms with E-state index >= 15 is 0 Å². The van der Waals surface area contributed by atoms with Crippen LogP contribution in [0.15, 0.2) is 24.3 Å². The summed E-state index contributed by atoms with van der Waals surface area (Å²) >= 11 is 7.99. The van der Waals surface area contributed by atoms with Crippen molar-refractivity contribution in [3.8, 4) is 0 Å². The lowest BCUT2D eigenvalue weighted by Gasteiger charge is -2.18. The Hall–Kier alpha value is -0.220. The Balaban J connectivity index is 2.39. The molecule has 21 heavy (non-hydrogen) atoms. The fraction of sp³-hybridized carbons (Fsp3) is 0.647. The Kier molecular flexibility index (Phi) is 11.1. The van der Waals surface area contributed by atoms with Crippen molar-refractivity contribution < 1.29 is 4.74 Å². The molecule has 0 aliphatic rings. The van der Waals surface area contributed by atoms with E-state index in [1.807, 2.05) is 23.9 Å². The van der Waals surface area contributed by atoms with Crippen LogP contribution in [0.2, 0.25) is 5.02 Å². The van der Waals surface area contributed by atoms with E-state index in [-0.39, 0.29) is 0 Å². The van der Waals surface area contributed by atoms with E-state index in [9.17, 15) is 0 Å². The number of hydrogen-bond donors (Lipinski definition) is 1. The molecule has 1 aromatic carbocycles. The van der Waals surface area contributed by atoms with Crippen LogP contribution in [0.1, 0.15) is 25.3 Å². The van der Waals surface area contributed by atoms with Crippen LogP contribution in [0.25, 0.3) is 0 Å². The molecule has 120 valence electrons. The summed E-state index contributed by atoms with van der Waals surface area (Å²) in [5.41, 5.74) is 1.38. The molecule has 2 nitrogen and oxygen atoms in total. The van der Waals surface area contributed by atoms with E-state index in [4.69, 9.17) is 16.3 Å². The van der Waals surface area contributed by atoms with Gasteiger partial charge in [-0.15, -0.1) is 0 Å². The zero-order valence-corrected chi connectivity index (χ0v) is 14.8. The first kappa shape index (κ1) is 18.8. The Bertz CT molecular complexity index is 346. The highest BCUT2D eigenvalue weighted by atomic mass is 35.5. The van der Waals surface area contributed by atoms with Gasteiger partial charge in [0.1, 0.15) is 0 Å². The van der Waals surface area contributed by atoms with E-state index in [0.717, 1.165) is 31.1 Å². The maximum absolute atomic E-state index is 5.96. The van der Waals surface area contributed by atoms with Crippen molar-refractivity contribution in [3.63, 3.8) is 0 Å². The van der Waals surface area contributed by atoms with Gasteiger partial charge in [-0.3, -0.25) is 0 Å². The molecule has 1 aromatic rings. The Morgan fingerprint density at radius 2 is 2.05 bits per heavy atom. The van der Waals surface area contributed by atoms with E-state index in [1.54, 1.807) is 7.11 Å². The third-order valence-corrected chi connectivity index (χ3v) is 4.70. The van der Waals surface area contributed by atoms with Crippen LogP contribution >= 0.6 is 23.4 Å². The lowest BCUT2D eigenvalue weighted by atomic mass is 9.95. The number of ether oxygens (including phenoxy) is 1. The van der Waals surface area contributed by atoms with Crippen LogP contribution in [-0.4, -0.2) is 38.3 Å². The summed E-state index contributed by atoms with van der Waals surface area (Å²) in [6.45, 7) is 4.99. The summed E-state index contributed by atoms with van der Waals surface area (Å²) in [5.74, 6) is 3.17. The third kappa shape index (κ3) is 9.41. The highest BCUT2D eigenvalue weighted by Gasteiger charge is 2.09. The fourth-order valence-electron chi connectivity index (χ4n) is 2.33. The number of hydrogen-bond acceptors (Lipinski definition) is 3. The molecular weight excluding hydrogens is 302 g/mol. The molecule has 0 spiro atoms. The summed E-state index contributed by atoms with van der Waals surface area (Å²) < 4.78 is 5.09. The minimum atomic E-state index is 0.681. The maximum Gasteiger partial charge on any atom is 0.0587 e. The molecule has 1 atom stereocenters. The molecule has 1 N–H and O–H groups in total.